The van der Waals surface area contributed by atoms with Crippen molar-refractivity contribution in [3.05, 3.63) is 39.8 Å². The van der Waals surface area contributed by atoms with E-state index in [9.17, 15) is 19.4 Å². The van der Waals surface area contributed by atoms with Crippen LogP contribution in [0.1, 0.15) is 52.5 Å². The second-order valence-corrected chi connectivity index (χ2v) is 9.24. The van der Waals surface area contributed by atoms with Crippen LogP contribution in [0.25, 0.3) is 0 Å². The van der Waals surface area contributed by atoms with Crippen LogP contribution in [-0.2, 0) is 4.79 Å². The number of ether oxygens (including phenoxy) is 1. The standard InChI is InChI=1S/C21H25Cl2FN2O4/c1-10(2)12-8-11(6-7-14(12)27)30-17-15(22)18(24)26-19(16(17)23)25-13(20(28)29)9-21(3,4)5/h6-8,10,13,27H,9H2,1-5H3,(H,25,26)(H,28,29). The van der Waals surface area contributed by atoms with Crippen LogP contribution in [0, 0.1) is 11.4 Å². The minimum atomic E-state index is -1.12. The van der Waals surface area contributed by atoms with E-state index in [0.29, 0.717) is 5.56 Å². The van der Waals surface area contributed by atoms with Gasteiger partial charge < -0.3 is 20.3 Å². The molecule has 30 heavy (non-hydrogen) atoms. The first kappa shape index (κ1) is 24.0. The predicted molar refractivity (Wildman–Crippen MR) is 116 cm³/mol. The average Bonchev–Trinajstić information content (AvgIpc) is 2.62. The molecule has 0 aliphatic rings. The number of benzene rings is 1. The van der Waals surface area contributed by atoms with Gasteiger partial charge in [-0.05, 0) is 36.0 Å². The molecule has 2 rings (SSSR count). The minimum Gasteiger partial charge on any atom is -0.508 e. The van der Waals surface area contributed by atoms with Crippen molar-refractivity contribution in [2.45, 2.75) is 53.0 Å². The Morgan fingerprint density at radius 3 is 2.43 bits per heavy atom. The summed E-state index contributed by atoms with van der Waals surface area (Å²) in [5.41, 5.74) is 0.315. The quantitative estimate of drug-likeness (QED) is 0.412. The molecule has 0 amide bonds. The van der Waals surface area contributed by atoms with Gasteiger partial charge in [-0.2, -0.15) is 9.37 Å². The number of aliphatic carboxylic acids is 1. The highest BCUT2D eigenvalue weighted by molar-refractivity contribution is 6.38. The highest BCUT2D eigenvalue weighted by Gasteiger charge is 2.28. The molecule has 0 bridgehead atoms. The van der Waals surface area contributed by atoms with Gasteiger partial charge in [0.15, 0.2) is 11.6 Å². The summed E-state index contributed by atoms with van der Waals surface area (Å²) in [4.78, 5) is 15.3. The summed E-state index contributed by atoms with van der Waals surface area (Å²) in [5.74, 6) is -2.17. The second kappa shape index (κ2) is 9.27. The van der Waals surface area contributed by atoms with Crippen LogP contribution in [0.3, 0.4) is 0 Å². The Morgan fingerprint density at radius 2 is 1.90 bits per heavy atom. The molecule has 1 unspecified atom stereocenters. The maximum Gasteiger partial charge on any atom is 0.326 e. The number of carbonyl (C=O) groups is 1. The molecule has 0 aliphatic heterocycles. The van der Waals surface area contributed by atoms with Gasteiger partial charge in [-0.15, -0.1) is 0 Å². The zero-order valence-corrected chi connectivity index (χ0v) is 18.9. The van der Waals surface area contributed by atoms with Crippen molar-refractivity contribution in [1.29, 1.82) is 0 Å². The van der Waals surface area contributed by atoms with Crippen molar-refractivity contribution < 1.29 is 24.1 Å². The number of hydrogen-bond acceptors (Lipinski definition) is 5. The largest absolute Gasteiger partial charge is 0.508 e. The molecule has 9 heteroatoms. The zero-order valence-electron chi connectivity index (χ0n) is 17.4. The van der Waals surface area contributed by atoms with E-state index in [0.717, 1.165) is 0 Å². The first-order chi connectivity index (χ1) is 13.8. The number of aromatic hydroxyl groups is 1. The molecular formula is C21H25Cl2FN2O4. The van der Waals surface area contributed by atoms with Crippen LogP contribution in [-0.4, -0.2) is 27.2 Å². The number of phenolic OH excluding ortho intramolecular Hbond substituents is 1. The molecule has 6 nitrogen and oxygen atoms in total. The number of anilines is 1. The third-order valence-corrected chi connectivity index (χ3v) is 4.94. The summed E-state index contributed by atoms with van der Waals surface area (Å²) in [6, 6.07) is 3.48. The molecule has 164 valence electrons. The lowest BCUT2D eigenvalue weighted by molar-refractivity contribution is -0.138. The minimum absolute atomic E-state index is 0.0135. The van der Waals surface area contributed by atoms with E-state index >= 15 is 0 Å². The van der Waals surface area contributed by atoms with Crippen molar-refractivity contribution >= 4 is 35.0 Å². The van der Waals surface area contributed by atoms with Gasteiger partial charge in [0.25, 0.3) is 0 Å². The SMILES string of the molecule is CC(C)c1cc(Oc2c(Cl)c(F)nc(NC(CC(C)(C)C)C(=O)O)c2Cl)ccc1O. The second-order valence-electron chi connectivity index (χ2n) is 8.49. The predicted octanol–water partition coefficient (Wildman–Crippen LogP) is 6.45. The molecule has 0 radical (unpaired) electrons. The molecule has 0 aliphatic carbocycles. The number of aromatic nitrogens is 1. The Hall–Kier alpha value is -2.25. The number of pyridine rings is 1. The molecule has 0 fully saturated rings. The van der Waals surface area contributed by atoms with Crippen LogP contribution in [0.15, 0.2) is 18.2 Å². The maximum absolute atomic E-state index is 14.4. The molecule has 2 aromatic rings. The zero-order chi connectivity index (χ0) is 22.8. The number of nitrogens with one attached hydrogen (secondary N) is 1. The van der Waals surface area contributed by atoms with E-state index in [2.05, 4.69) is 10.3 Å². The van der Waals surface area contributed by atoms with Crippen LogP contribution in [0.5, 0.6) is 17.2 Å². The van der Waals surface area contributed by atoms with Crippen molar-refractivity contribution in [3.63, 3.8) is 0 Å². The Bertz CT molecular complexity index is 946. The number of halogens is 3. The summed E-state index contributed by atoms with van der Waals surface area (Å²) < 4.78 is 20.1. The molecule has 1 aromatic carbocycles. The number of nitrogens with zero attached hydrogens (tertiary/aromatic N) is 1. The maximum atomic E-state index is 14.4. The van der Waals surface area contributed by atoms with Gasteiger partial charge in [0.05, 0.1) is 0 Å². The fraction of sp³-hybridized carbons (Fsp3) is 0.429. The molecule has 1 atom stereocenters. The summed E-state index contributed by atoms with van der Waals surface area (Å²) in [6.45, 7) is 9.44. The molecular weight excluding hydrogens is 434 g/mol. The topological polar surface area (TPSA) is 91.7 Å². The van der Waals surface area contributed by atoms with Crippen LogP contribution in [0.2, 0.25) is 10.0 Å². The number of rotatable bonds is 7. The Morgan fingerprint density at radius 1 is 1.27 bits per heavy atom. The molecule has 0 spiro atoms. The van der Waals surface area contributed by atoms with Gasteiger partial charge in [0.1, 0.15) is 27.6 Å². The third kappa shape index (κ3) is 5.89. The summed E-state index contributed by atoms with van der Waals surface area (Å²) >= 11 is 12.4. The lowest BCUT2D eigenvalue weighted by Gasteiger charge is -2.25. The molecule has 3 N–H and O–H groups in total. The van der Waals surface area contributed by atoms with Crippen molar-refractivity contribution in [1.82, 2.24) is 4.98 Å². The normalized spacial score (nSPS) is 12.7. The van der Waals surface area contributed by atoms with Gasteiger partial charge >= 0.3 is 5.97 Å². The van der Waals surface area contributed by atoms with E-state index < -0.39 is 23.0 Å². The summed E-state index contributed by atoms with van der Waals surface area (Å²) in [7, 11) is 0. The number of carboxylic acid groups (broad SMARTS) is 1. The van der Waals surface area contributed by atoms with Gasteiger partial charge in [-0.1, -0.05) is 57.8 Å². The highest BCUT2D eigenvalue weighted by atomic mass is 35.5. The van der Waals surface area contributed by atoms with E-state index in [1.165, 1.54) is 12.1 Å². The Labute approximate surface area is 185 Å². The van der Waals surface area contributed by atoms with Gasteiger partial charge in [0, 0.05) is 5.56 Å². The lowest BCUT2D eigenvalue weighted by Crippen LogP contribution is -2.34. The fourth-order valence-corrected chi connectivity index (χ4v) is 3.29. The van der Waals surface area contributed by atoms with Crippen molar-refractivity contribution in [2.75, 3.05) is 5.32 Å². The monoisotopic (exact) mass is 458 g/mol. The fourth-order valence-electron chi connectivity index (χ4n) is 2.83. The first-order valence-corrected chi connectivity index (χ1v) is 10.1. The molecule has 0 saturated carbocycles. The number of phenols is 1. The van der Waals surface area contributed by atoms with Gasteiger partial charge in [-0.25, -0.2) is 4.79 Å². The van der Waals surface area contributed by atoms with Crippen LogP contribution >= 0.6 is 23.2 Å². The van der Waals surface area contributed by atoms with Crippen LogP contribution in [0.4, 0.5) is 10.2 Å². The van der Waals surface area contributed by atoms with E-state index in [4.69, 9.17) is 27.9 Å². The van der Waals surface area contributed by atoms with E-state index in [-0.39, 0.29) is 45.8 Å². The summed E-state index contributed by atoms with van der Waals surface area (Å²) in [6.07, 6.45) is 0.247. The van der Waals surface area contributed by atoms with E-state index in [1.54, 1.807) is 6.07 Å². The number of hydrogen-bond donors (Lipinski definition) is 3. The molecule has 0 saturated heterocycles. The van der Waals surface area contributed by atoms with E-state index in [1.807, 2.05) is 34.6 Å². The number of carboxylic acids is 1. The molecule has 1 aromatic heterocycles. The highest BCUT2D eigenvalue weighted by Crippen LogP contribution is 2.42. The van der Waals surface area contributed by atoms with Crippen molar-refractivity contribution in [2.24, 2.45) is 5.41 Å². The lowest BCUT2D eigenvalue weighted by atomic mass is 9.88. The molecule has 1 heterocycles. The first-order valence-electron chi connectivity index (χ1n) is 9.34. The van der Waals surface area contributed by atoms with Gasteiger partial charge in [-0.3, -0.25) is 0 Å². The van der Waals surface area contributed by atoms with Crippen molar-refractivity contribution in [3.8, 4) is 17.2 Å². The Kier molecular flexibility index (Phi) is 7.42. The summed E-state index contributed by atoms with van der Waals surface area (Å²) in [5, 5.41) is 21.6. The van der Waals surface area contributed by atoms with Gasteiger partial charge in [0.2, 0.25) is 5.95 Å². The smallest absolute Gasteiger partial charge is 0.326 e. The Balaban J connectivity index is 2.44. The van der Waals surface area contributed by atoms with Crippen LogP contribution < -0.4 is 10.1 Å². The third-order valence-electron chi connectivity index (χ3n) is 4.26. The average molecular weight is 459 g/mol.